The standard InChI is InChI=1S/C13H17FN2O2S/c1-19-12-5-4-9(6-10(12)14)16-13(18)15-7-11(17)8-2-3-8/h4-6,8,11,17H,2-3,7H2,1H3,(H2,15,16,18). The summed E-state index contributed by atoms with van der Waals surface area (Å²) < 4.78 is 13.5. The zero-order chi connectivity index (χ0) is 13.8. The third-order valence-electron chi connectivity index (χ3n) is 3.05. The summed E-state index contributed by atoms with van der Waals surface area (Å²) in [5, 5.41) is 14.7. The van der Waals surface area contributed by atoms with Crippen LogP contribution in [0.15, 0.2) is 23.1 Å². The van der Waals surface area contributed by atoms with Gasteiger partial charge in [0.1, 0.15) is 5.82 Å². The second-order valence-electron chi connectivity index (χ2n) is 4.59. The molecule has 1 unspecified atom stereocenters. The molecule has 0 spiro atoms. The Labute approximate surface area is 115 Å². The number of thioether (sulfide) groups is 1. The first-order valence-electron chi connectivity index (χ1n) is 6.16. The highest BCUT2D eigenvalue weighted by atomic mass is 32.2. The third kappa shape index (κ3) is 4.11. The molecule has 0 aliphatic heterocycles. The molecule has 1 atom stereocenters. The van der Waals surface area contributed by atoms with Crippen LogP contribution >= 0.6 is 11.8 Å². The van der Waals surface area contributed by atoms with Crippen LogP contribution < -0.4 is 10.6 Å². The number of halogens is 1. The second kappa shape index (κ2) is 6.25. The van der Waals surface area contributed by atoms with Crippen molar-refractivity contribution in [2.24, 2.45) is 5.92 Å². The first kappa shape index (κ1) is 14.1. The van der Waals surface area contributed by atoms with Crippen LogP contribution in [0.4, 0.5) is 14.9 Å². The normalized spacial score (nSPS) is 15.9. The third-order valence-corrected chi connectivity index (χ3v) is 3.82. The predicted molar refractivity (Wildman–Crippen MR) is 73.9 cm³/mol. The van der Waals surface area contributed by atoms with Crippen LogP contribution in [0.3, 0.4) is 0 Å². The lowest BCUT2D eigenvalue weighted by Gasteiger charge is -2.12. The molecule has 19 heavy (non-hydrogen) atoms. The molecule has 104 valence electrons. The summed E-state index contributed by atoms with van der Waals surface area (Å²) in [4.78, 5) is 12.1. The monoisotopic (exact) mass is 284 g/mol. The van der Waals surface area contributed by atoms with E-state index in [9.17, 15) is 14.3 Å². The Bertz CT molecular complexity index is 466. The van der Waals surface area contributed by atoms with Crippen molar-refractivity contribution in [1.29, 1.82) is 0 Å². The van der Waals surface area contributed by atoms with E-state index in [1.165, 1.54) is 17.8 Å². The van der Waals surface area contributed by atoms with E-state index in [2.05, 4.69) is 10.6 Å². The van der Waals surface area contributed by atoms with Gasteiger partial charge in [0.2, 0.25) is 0 Å². The number of anilines is 1. The Balaban J connectivity index is 1.82. The Morgan fingerprint density at radius 3 is 2.89 bits per heavy atom. The fraction of sp³-hybridized carbons (Fsp3) is 0.462. The first-order chi connectivity index (χ1) is 9.10. The van der Waals surface area contributed by atoms with Crippen molar-refractivity contribution in [3.05, 3.63) is 24.0 Å². The van der Waals surface area contributed by atoms with Gasteiger partial charge in [0, 0.05) is 17.1 Å². The van der Waals surface area contributed by atoms with Gasteiger partial charge in [-0.1, -0.05) is 0 Å². The summed E-state index contributed by atoms with van der Waals surface area (Å²) >= 11 is 1.31. The van der Waals surface area contributed by atoms with Crippen molar-refractivity contribution in [2.45, 2.75) is 23.8 Å². The van der Waals surface area contributed by atoms with Crippen LogP contribution in [0.1, 0.15) is 12.8 Å². The number of rotatable bonds is 5. The summed E-state index contributed by atoms with van der Waals surface area (Å²) in [5.74, 6) is -0.0399. The van der Waals surface area contributed by atoms with E-state index in [1.54, 1.807) is 18.4 Å². The summed E-state index contributed by atoms with van der Waals surface area (Å²) in [6, 6.07) is 4.11. The largest absolute Gasteiger partial charge is 0.391 e. The summed E-state index contributed by atoms with van der Waals surface area (Å²) in [6.45, 7) is 0.224. The molecule has 1 aromatic carbocycles. The van der Waals surface area contributed by atoms with E-state index in [0.29, 0.717) is 16.5 Å². The van der Waals surface area contributed by atoms with E-state index >= 15 is 0 Å². The average molecular weight is 284 g/mol. The molecule has 0 saturated heterocycles. The molecule has 0 radical (unpaired) electrons. The number of aliphatic hydroxyl groups is 1. The van der Waals surface area contributed by atoms with Crippen molar-refractivity contribution >= 4 is 23.5 Å². The number of hydrogen-bond donors (Lipinski definition) is 3. The fourth-order valence-corrected chi connectivity index (χ4v) is 2.22. The predicted octanol–water partition coefficient (Wildman–Crippen LogP) is 2.44. The van der Waals surface area contributed by atoms with Crippen molar-refractivity contribution in [2.75, 3.05) is 18.1 Å². The maximum Gasteiger partial charge on any atom is 0.319 e. The molecule has 0 heterocycles. The molecule has 2 amide bonds. The number of urea groups is 1. The van der Waals surface area contributed by atoms with Gasteiger partial charge < -0.3 is 15.7 Å². The topological polar surface area (TPSA) is 61.4 Å². The van der Waals surface area contributed by atoms with Gasteiger partial charge >= 0.3 is 6.03 Å². The highest BCUT2D eigenvalue weighted by molar-refractivity contribution is 7.98. The highest BCUT2D eigenvalue weighted by Gasteiger charge is 2.29. The summed E-state index contributed by atoms with van der Waals surface area (Å²) in [7, 11) is 0. The van der Waals surface area contributed by atoms with Crippen LogP contribution in [0.25, 0.3) is 0 Å². The zero-order valence-electron chi connectivity index (χ0n) is 10.6. The van der Waals surface area contributed by atoms with Crippen LogP contribution in [-0.2, 0) is 0 Å². The number of amides is 2. The van der Waals surface area contributed by atoms with Crippen LogP contribution in [-0.4, -0.2) is 30.0 Å². The summed E-state index contributed by atoms with van der Waals surface area (Å²) in [5.41, 5.74) is 0.397. The molecule has 1 aromatic rings. The van der Waals surface area contributed by atoms with Gasteiger partial charge in [-0.3, -0.25) is 0 Å². The highest BCUT2D eigenvalue weighted by Crippen LogP contribution is 2.32. The SMILES string of the molecule is CSc1ccc(NC(=O)NCC(O)C2CC2)cc1F. The fourth-order valence-electron chi connectivity index (χ4n) is 1.76. The van der Waals surface area contributed by atoms with Crippen molar-refractivity contribution in [3.63, 3.8) is 0 Å². The molecular formula is C13H17FN2O2S. The molecule has 0 aromatic heterocycles. The number of carbonyl (C=O) groups excluding carboxylic acids is 1. The lowest BCUT2D eigenvalue weighted by Crippen LogP contribution is -2.36. The Morgan fingerprint density at radius 2 is 2.32 bits per heavy atom. The van der Waals surface area contributed by atoms with Crippen LogP contribution in [0, 0.1) is 11.7 Å². The summed E-state index contributed by atoms with van der Waals surface area (Å²) in [6.07, 6.45) is 3.34. The Hall–Kier alpha value is -1.27. The van der Waals surface area contributed by atoms with E-state index in [-0.39, 0.29) is 12.4 Å². The molecule has 4 nitrogen and oxygen atoms in total. The smallest absolute Gasteiger partial charge is 0.319 e. The molecule has 1 aliphatic rings. The molecule has 1 fully saturated rings. The van der Waals surface area contributed by atoms with Crippen molar-refractivity contribution in [1.82, 2.24) is 5.32 Å². The molecule has 6 heteroatoms. The lowest BCUT2D eigenvalue weighted by molar-refractivity contribution is 0.150. The van der Waals surface area contributed by atoms with Crippen LogP contribution in [0.5, 0.6) is 0 Å². The molecule has 3 N–H and O–H groups in total. The van der Waals surface area contributed by atoms with E-state index in [0.717, 1.165) is 12.8 Å². The lowest BCUT2D eigenvalue weighted by atomic mass is 10.2. The molecular weight excluding hydrogens is 267 g/mol. The molecule has 1 aliphatic carbocycles. The van der Waals surface area contributed by atoms with Gasteiger partial charge in [-0.15, -0.1) is 11.8 Å². The second-order valence-corrected chi connectivity index (χ2v) is 5.44. The number of carbonyl (C=O) groups is 1. The average Bonchev–Trinajstić information content (AvgIpc) is 3.20. The molecule has 0 bridgehead atoms. The molecule has 1 saturated carbocycles. The Kier molecular flexibility index (Phi) is 4.66. The van der Waals surface area contributed by atoms with E-state index in [1.807, 2.05) is 0 Å². The van der Waals surface area contributed by atoms with Crippen molar-refractivity contribution < 1.29 is 14.3 Å². The number of aliphatic hydroxyl groups excluding tert-OH is 1. The first-order valence-corrected chi connectivity index (χ1v) is 7.39. The zero-order valence-corrected chi connectivity index (χ0v) is 11.5. The minimum Gasteiger partial charge on any atom is -0.391 e. The number of hydrogen-bond acceptors (Lipinski definition) is 3. The maximum absolute atomic E-state index is 13.5. The van der Waals surface area contributed by atoms with Crippen molar-refractivity contribution in [3.8, 4) is 0 Å². The number of benzene rings is 1. The van der Waals surface area contributed by atoms with Gasteiger partial charge in [0.25, 0.3) is 0 Å². The van der Waals surface area contributed by atoms with E-state index in [4.69, 9.17) is 0 Å². The number of nitrogens with one attached hydrogen (secondary N) is 2. The van der Waals surface area contributed by atoms with E-state index < -0.39 is 12.1 Å². The van der Waals surface area contributed by atoms with Gasteiger partial charge in [0.15, 0.2) is 0 Å². The quantitative estimate of drug-likeness (QED) is 0.728. The molecule has 2 rings (SSSR count). The minimum atomic E-state index is -0.485. The van der Waals surface area contributed by atoms with Crippen LogP contribution in [0.2, 0.25) is 0 Å². The minimum absolute atomic E-state index is 0.224. The van der Waals surface area contributed by atoms with Gasteiger partial charge in [-0.25, -0.2) is 9.18 Å². The van der Waals surface area contributed by atoms with Gasteiger partial charge in [-0.05, 0) is 43.2 Å². The van der Waals surface area contributed by atoms with Gasteiger partial charge in [0.05, 0.1) is 6.10 Å². The van der Waals surface area contributed by atoms with Gasteiger partial charge in [-0.2, -0.15) is 0 Å². The maximum atomic E-state index is 13.5. The Morgan fingerprint density at radius 1 is 1.58 bits per heavy atom.